The molecule has 4 heteroatoms. The minimum absolute atomic E-state index is 0.226. The van der Waals surface area contributed by atoms with Gasteiger partial charge in [0.25, 0.3) is 0 Å². The van der Waals surface area contributed by atoms with Gasteiger partial charge in [0.2, 0.25) is 0 Å². The van der Waals surface area contributed by atoms with E-state index in [9.17, 15) is 9.59 Å². The van der Waals surface area contributed by atoms with Gasteiger partial charge in [0.15, 0.2) is 5.41 Å². The van der Waals surface area contributed by atoms with Gasteiger partial charge in [-0.1, -0.05) is 52.8 Å². The molecule has 0 amide bonds. The van der Waals surface area contributed by atoms with Crippen molar-refractivity contribution in [2.45, 2.75) is 59.8 Å². The summed E-state index contributed by atoms with van der Waals surface area (Å²) in [4.78, 5) is 25.2. The van der Waals surface area contributed by atoms with E-state index in [1.54, 1.807) is 6.07 Å². The maximum Gasteiger partial charge on any atom is 0.328 e. The van der Waals surface area contributed by atoms with Crippen LogP contribution in [0.3, 0.4) is 0 Å². The first-order chi connectivity index (χ1) is 10.9. The Morgan fingerprint density at radius 3 is 2.17 bits per heavy atom. The lowest BCUT2D eigenvalue weighted by atomic mass is 9.82. The molecule has 0 saturated heterocycles. The molecule has 1 aromatic carbocycles. The Labute approximate surface area is 139 Å². The number of hydrogen-bond acceptors (Lipinski definition) is 4. The van der Waals surface area contributed by atoms with Crippen LogP contribution in [0.25, 0.3) is 0 Å². The highest BCUT2D eigenvalue weighted by Gasteiger charge is 2.46. The molecule has 4 nitrogen and oxygen atoms in total. The van der Waals surface area contributed by atoms with Crippen LogP contribution in [0.4, 0.5) is 0 Å². The summed E-state index contributed by atoms with van der Waals surface area (Å²) >= 11 is 0. The maximum atomic E-state index is 12.8. The maximum absolute atomic E-state index is 12.8. The first kappa shape index (κ1) is 19.2. The van der Waals surface area contributed by atoms with Gasteiger partial charge in [0, 0.05) is 0 Å². The molecule has 0 spiro atoms. The van der Waals surface area contributed by atoms with Crippen molar-refractivity contribution in [2.24, 2.45) is 5.41 Å². The van der Waals surface area contributed by atoms with Crippen LogP contribution in [0.5, 0.6) is 5.75 Å². The average Bonchev–Trinajstić information content (AvgIpc) is 2.54. The van der Waals surface area contributed by atoms with Crippen LogP contribution in [0, 0.1) is 5.41 Å². The Balaban J connectivity index is 3.06. The van der Waals surface area contributed by atoms with Crippen molar-refractivity contribution in [1.29, 1.82) is 0 Å². The zero-order valence-corrected chi connectivity index (χ0v) is 14.8. The summed E-state index contributed by atoms with van der Waals surface area (Å²) in [7, 11) is 0. The van der Waals surface area contributed by atoms with E-state index in [0.29, 0.717) is 25.2 Å². The predicted molar refractivity (Wildman–Crippen MR) is 90.4 cm³/mol. The zero-order valence-electron chi connectivity index (χ0n) is 14.8. The second kappa shape index (κ2) is 8.70. The Morgan fingerprint density at radius 2 is 1.65 bits per heavy atom. The Bertz CT molecular complexity index is 530. The molecule has 0 heterocycles. The lowest BCUT2D eigenvalue weighted by Gasteiger charge is -2.27. The summed E-state index contributed by atoms with van der Waals surface area (Å²) in [6, 6.07) is 7.43. The number of ether oxygens (including phenoxy) is 2. The third kappa shape index (κ3) is 4.34. The highest BCUT2D eigenvalue weighted by Crippen LogP contribution is 2.33. The number of carbonyl (C=O) groups excluding carboxylic acids is 2. The summed E-state index contributed by atoms with van der Waals surface area (Å²) in [6.07, 6.45) is 1.43. The fourth-order valence-electron chi connectivity index (χ4n) is 2.49. The van der Waals surface area contributed by atoms with E-state index in [-0.39, 0.29) is 5.92 Å². The molecule has 0 bridgehead atoms. The topological polar surface area (TPSA) is 52.6 Å². The van der Waals surface area contributed by atoms with Crippen LogP contribution in [0.2, 0.25) is 0 Å². The number of esters is 2. The highest BCUT2D eigenvalue weighted by molar-refractivity contribution is 6.00. The molecule has 0 saturated carbocycles. The summed E-state index contributed by atoms with van der Waals surface area (Å²) in [5.74, 6) is -0.279. The molecule has 0 atom stereocenters. The lowest BCUT2D eigenvalue weighted by Crippen LogP contribution is -2.42. The van der Waals surface area contributed by atoms with Crippen LogP contribution < -0.4 is 4.74 Å². The molecule has 0 aliphatic rings. The van der Waals surface area contributed by atoms with E-state index < -0.39 is 17.4 Å². The molecule has 1 rings (SSSR count). The minimum Gasteiger partial charge on any atom is -0.465 e. The first-order valence-corrected chi connectivity index (χ1v) is 8.41. The monoisotopic (exact) mass is 320 g/mol. The summed E-state index contributed by atoms with van der Waals surface area (Å²) in [5.41, 5.74) is -0.289. The van der Waals surface area contributed by atoms with E-state index >= 15 is 0 Å². The van der Waals surface area contributed by atoms with E-state index in [1.165, 1.54) is 0 Å². The highest BCUT2D eigenvalue weighted by atomic mass is 16.6. The smallest absolute Gasteiger partial charge is 0.328 e. The van der Waals surface area contributed by atoms with Gasteiger partial charge in [-0.15, -0.1) is 0 Å². The van der Waals surface area contributed by atoms with Crippen molar-refractivity contribution >= 4 is 11.9 Å². The van der Waals surface area contributed by atoms with Crippen molar-refractivity contribution in [3.8, 4) is 5.75 Å². The van der Waals surface area contributed by atoms with Gasteiger partial charge in [0.1, 0.15) is 5.75 Å². The molecule has 128 valence electrons. The molecule has 0 fully saturated rings. The average molecular weight is 320 g/mol. The summed E-state index contributed by atoms with van der Waals surface area (Å²) in [6.45, 7) is 9.93. The van der Waals surface area contributed by atoms with E-state index in [0.717, 1.165) is 12.0 Å². The molecule has 0 aliphatic carbocycles. The van der Waals surface area contributed by atoms with Crippen molar-refractivity contribution in [1.82, 2.24) is 0 Å². The predicted octanol–water partition coefficient (Wildman–Crippen LogP) is 4.48. The van der Waals surface area contributed by atoms with Gasteiger partial charge in [-0.05, 0) is 36.8 Å². The number of carbonyl (C=O) groups is 2. The third-order valence-corrected chi connectivity index (χ3v) is 4.17. The van der Waals surface area contributed by atoms with Gasteiger partial charge in [-0.3, -0.25) is 9.59 Å². The molecule has 0 unspecified atom stereocenters. The summed E-state index contributed by atoms with van der Waals surface area (Å²) in [5, 5.41) is 0. The molecule has 0 aliphatic heterocycles. The van der Waals surface area contributed by atoms with Gasteiger partial charge < -0.3 is 9.47 Å². The van der Waals surface area contributed by atoms with Gasteiger partial charge in [0.05, 0.1) is 6.61 Å². The number of para-hydroxylation sites is 1. The quantitative estimate of drug-likeness (QED) is 0.403. The first-order valence-electron chi connectivity index (χ1n) is 8.41. The normalized spacial score (nSPS) is 11.4. The zero-order chi connectivity index (χ0) is 17.5. The van der Waals surface area contributed by atoms with E-state index in [1.807, 2.05) is 52.8 Å². The number of rotatable bonds is 8. The van der Waals surface area contributed by atoms with Crippen LogP contribution in [0.1, 0.15) is 65.4 Å². The molecule has 0 N–H and O–H groups in total. The molecule has 23 heavy (non-hydrogen) atoms. The second-order valence-corrected chi connectivity index (χ2v) is 6.01. The lowest BCUT2D eigenvalue weighted by molar-refractivity contribution is -0.168. The van der Waals surface area contributed by atoms with Crippen LogP contribution >= 0.6 is 0 Å². The Kier molecular flexibility index (Phi) is 7.27. The van der Waals surface area contributed by atoms with E-state index in [4.69, 9.17) is 9.47 Å². The Morgan fingerprint density at radius 1 is 1.04 bits per heavy atom. The molecule has 0 radical (unpaired) electrons. The van der Waals surface area contributed by atoms with Crippen molar-refractivity contribution in [2.75, 3.05) is 6.61 Å². The largest absolute Gasteiger partial charge is 0.465 e. The Hall–Kier alpha value is -1.84. The molecular formula is C19H28O4. The minimum atomic E-state index is -1.24. The number of benzene rings is 1. The number of hydrogen-bond donors (Lipinski definition) is 0. The van der Waals surface area contributed by atoms with Crippen molar-refractivity contribution in [3.63, 3.8) is 0 Å². The molecule has 1 aromatic rings. The van der Waals surface area contributed by atoms with Gasteiger partial charge in [-0.25, -0.2) is 0 Å². The molecular weight excluding hydrogens is 292 g/mol. The van der Waals surface area contributed by atoms with Crippen LogP contribution in [-0.2, 0) is 14.3 Å². The second-order valence-electron chi connectivity index (χ2n) is 6.01. The standard InChI is InChI=1S/C19H28O4/c1-6-13-22-17(20)19(7-2,8-3)18(21)23-16-12-10-9-11-15(16)14(4)5/h9-12,14H,6-8,13H2,1-5H3. The SMILES string of the molecule is CCCOC(=O)C(CC)(CC)C(=O)Oc1ccccc1C(C)C. The molecule has 0 aromatic heterocycles. The van der Waals surface area contributed by atoms with Crippen LogP contribution in [0.15, 0.2) is 24.3 Å². The van der Waals surface area contributed by atoms with Gasteiger partial charge in [-0.2, -0.15) is 0 Å². The fraction of sp³-hybridized carbons (Fsp3) is 0.579. The summed E-state index contributed by atoms with van der Waals surface area (Å²) < 4.78 is 10.9. The van der Waals surface area contributed by atoms with Gasteiger partial charge >= 0.3 is 11.9 Å². The van der Waals surface area contributed by atoms with Crippen molar-refractivity contribution < 1.29 is 19.1 Å². The van der Waals surface area contributed by atoms with E-state index in [2.05, 4.69) is 0 Å². The fourth-order valence-corrected chi connectivity index (χ4v) is 2.49. The van der Waals surface area contributed by atoms with Crippen LogP contribution in [-0.4, -0.2) is 18.5 Å². The van der Waals surface area contributed by atoms with Crippen molar-refractivity contribution in [3.05, 3.63) is 29.8 Å². The third-order valence-electron chi connectivity index (χ3n) is 4.17.